The van der Waals surface area contributed by atoms with Crippen molar-refractivity contribution < 1.29 is 0 Å². The maximum Gasteiger partial charge on any atom is 0.0767 e. The van der Waals surface area contributed by atoms with E-state index in [-0.39, 0.29) is 0 Å². The first-order chi connectivity index (χ1) is 6.06. The zero-order valence-corrected chi connectivity index (χ0v) is 11.6. The average molecular weight is 200 g/mol. The lowest BCUT2D eigenvalue weighted by atomic mass is 10.3. The van der Waals surface area contributed by atoms with Crippen LogP contribution in [0.1, 0.15) is 27.7 Å². The van der Waals surface area contributed by atoms with E-state index < -0.39 is 0 Å². The van der Waals surface area contributed by atoms with Gasteiger partial charge in [0.1, 0.15) is 0 Å². The zero-order chi connectivity index (χ0) is 10.3. The molecule has 0 radical (unpaired) electrons. The van der Waals surface area contributed by atoms with E-state index in [1.54, 1.807) is 0 Å². The minimum absolute atomic E-state index is 0.328. The molecule has 0 aromatic rings. The van der Waals surface area contributed by atoms with E-state index in [1.165, 1.54) is 16.3 Å². The lowest BCUT2D eigenvalue weighted by Crippen LogP contribution is -2.46. The molecule has 0 aromatic heterocycles. The molecule has 0 aromatic carbocycles. The molecule has 0 atom stereocenters. The summed E-state index contributed by atoms with van der Waals surface area (Å²) in [5.41, 5.74) is 0. The van der Waals surface area contributed by atoms with E-state index in [0.29, 0.717) is 18.2 Å². The molecule has 0 heterocycles. The Hall–Kier alpha value is -0.123. The van der Waals surface area contributed by atoms with E-state index in [9.17, 15) is 0 Å². The summed E-state index contributed by atoms with van der Waals surface area (Å²) in [5, 5.41) is 6.93. The molecule has 0 bridgehead atoms. The average Bonchev–Trinajstić information content (AvgIpc) is 1.98. The first-order valence-corrected chi connectivity index (χ1v) is 6.66. The van der Waals surface area contributed by atoms with Crippen molar-refractivity contribution in [1.29, 1.82) is 0 Å². The molecule has 2 N–H and O–H groups in total. The predicted molar refractivity (Wildman–Crippen MR) is 64.2 cm³/mol. The molecule has 0 unspecified atom stereocenters. The third kappa shape index (κ3) is 8.21. The molecule has 0 fully saturated rings. The highest BCUT2D eigenvalue weighted by atomic mass is 28.1. The summed E-state index contributed by atoms with van der Waals surface area (Å²) in [6, 6.07) is 2.28. The molecule has 0 rings (SSSR count). The first kappa shape index (κ1) is 12.9. The summed E-state index contributed by atoms with van der Waals surface area (Å²) in [4.78, 5) is 0. The van der Waals surface area contributed by atoms with E-state index in [2.05, 4.69) is 50.5 Å². The van der Waals surface area contributed by atoms with Gasteiger partial charge in [0, 0.05) is 22.3 Å². The van der Waals surface area contributed by atoms with Crippen molar-refractivity contribution in [1.82, 2.24) is 10.6 Å². The fraction of sp³-hybridized carbons (Fsp3) is 0.800. The molecule has 0 aliphatic rings. The minimum Gasteiger partial charge on any atom is -0.296 e. The molecule has 78 valence electrons. The van der Waals surface area contributed by atoms with Crippen LogP contribution in [0, 0.1) is 0 Å². The Morgan fingerprint density at radius 2 is 1.54 bits per heavy atom. The van der Waals surface area contributed by atoms with Crippen LogP contribution in [-0.4, -0.2) is 28.5 Å². The molecule has 2 nitrogen and oxygen atoms in total. The first-order valence-electron chi connectivity index (χ1n) is 5.25. The topological polar surface area (TPSA) is 24.1 Å². The largest absolute Gasteiger partial charge is 0.296 e. The Morgan fingerprint density at radius 1 is 1.08 bits per heavy atom. The molecule has 13 heavy (non-hydrogen) atoms. The van der Waals surface area contributed by atoms with E-state index in [0.717, 1.165) is 0 Å². The Kier molecular flexibility index (Phi) is 7.23. The normalized spacial score (nSPS) is 12.8. The molecule has 0 saturated heterocycles. The highest BCUT2D eigenvalue weighted by Gasteiger charge is 2.05. The molecule has 0 spiro atoms. The summed E-state index contributed by atoms with van der Waals surface area (Å²) in [6.45, 7) is 8.68. The standard InChI is InChI=1S/C10H24N2Si/c1-8(2)11-10(6-5-7-13)12-9(3)4/h5-6,8-12H,7H2,1-4,13H3. The van der Waals surface area contributed by atoms with Crippen LogP contribution < -0.4 is 10.6 Å². The van der Waals surface area contributed by atoms with Crippen LogP contribution in [0.2, 0.25) is 6.04 Å². The van der Waals surface area contributed by atoms with E-state index >= 15 is 0 Å². The number of hydrogen-bond donors (Lipinski definition) is 2. The summed E-state index contributed by atoms with van der Waals surface area (Å²) >= 11 is 0. The molecule has 3 heteroatoms. The van der Waals surface area contributed by atoms with Crippen LogP contribution in [0.25, 0.3) is 0 Å². The second kappa shape index (κ2) is 7.30. The number of allylic oxidation sites excluding steroid dienone is 1. The van der Waals surface area contributed by atoms with Crippen LogP contribution in [0.3, 0.4) is 0 Å². The van der Waals surface area contributed by atoms with Crippen molar-refractivity contribution in [3.05, 3.63) is 12.2 Å². The van der Waals surface area contributed by atoms with Crippen LogP contribution in [0.15, 0.2) is 12.2 Å². The highest BCUT2D eigenvalue weighted by Crippen LogP contribution is 1.91. The molecular formula is C10H24N2Si. The molecule has 0 amide bonds. The van der Waals surface area contributed by atoms with Gasteiger partial charge in [0.25, 0.3) is 0 Å². The maximum absolute atomic E-state index is 3.46. The fourth-order valence-corrected chi connectivity index (χ4v) is 1.42. The fourth-order valence-electron chi connectivity index (χ4n) is 1.15. The quantitative estimate of drug-likeness (QED) is 0.374. The van der Waals surface area contributed by atoms with Crippen molar-refractivity contribution in [3.8, 4) is 0 Å². The van der Waals surface area contributed by atoms with Crippen molar-refractivity contribution >= 4 is 10.2 Å². The van der Waals surface area contributed by atoms with Gasteiger partial charge in [0.2, 0.25) is 0 Å². The van der Waals surface area contributed by atoms with Gasteiger partial charge in [-0.05, 0) is 33.7 Å². The molecule has 0 aliphatic carbocycles. The van der Waals surface area contributed by atoms with Crippen LogP contribution in [0.4, 0.5) is 0 Å². The third-order valence-corrected chi connectivity index (χ3v) is 2.06. The van der Waals surface area contributed by atoms with Gasteiger partial charge >= 0.3 is 0 Å². The lowest BCUT2D eigenvalue weighted by Gasteiger charge is -2.21. The van der Waals surface area contributed by atoms with Crippen LogP contribution >= 0.6 is 0 Å². The van der Waals surface area contributed by atoms with Gasteiger partial charge in [0.05, 0.1) is 6.17 Å². The van der Waals surface area contributed by atoms with Crippen molar-refractivity contribution in [2.45, 2.75) is 52.0 Å². The SMILES string of the molecule is CC(C)NC(C=CC[SiH3])NC(C)C. The predicted octanol–water partition coefficient (Wildman–Crippen LogP) is 0.648. The van der Waals surface area contributed by atoms with Crippen LogP contribution in [-0.2, 0) is 0 Å². The smallest absolute Gasteiger partial charge is 0.0767 e. The summed E-state index contributed by atoms with van der Waals surface area (Å²) in [6.07, 6.45) is 4.81. The van der Waals surface area contributed by atoms with Gasteiger partial charge in [-0.25, -0.2) is 0 Å². The summed E-state index contributed by atoms with van der Waals surface area (Å²) < 4.78 is 0. The van der Waals surface area contributed by atoms with Gasteiger partial charge in [0.15, 0.2) is 0 Å². The number of nitrogens with one attached hydrogen (secondary N) is 2. The number of rotatable bonds is 6. The molecular weight excluding hydrogens is 176 g/mol. The summed E-state index contributed by atoms with van der Waals surface area (Å²) in [5.74, 6) is 0. The minimum atomic E-state index is 0.328. The van der Waals surface area contributed by atoms with Crippen molar-refractivity contribution in [2.24, 2.45) is 0 Å². The van der Waals surface area contributed by atoms with E-state index in [4.69, 9.17) is 0 Å². The second-order valence-corrected chi connectivity index (χ2v) is 4.77. The lowest BCUT2D eigenvalue weighted by molar-refractivity contribution is 0.420. The van der Waals surface area contributed by atoms with Gasteiger partial charge in [-0.2, -0.15) is 0 Å². The Bertz CT molecular complexity index is 134. The van der Waals surface area contributed by atoms with E-state index in [1.807, 2.05) is 0 Å². The number of hydrogen-bond acceptors (Lipinski definition) is 2. The van der Waals surface area contributed by atoms with Gasteiger partial charge in [-0.15, -0.1) is 0 Å². The Labute approximate surface area is 85.6 Å². The zero-order valence-electron chi connectivity index (χ0n) is 9.59. The summed E-state index contributed by atoms with van der Waals surface area (Å²) in [7, 11) is 1.25. The Balaban J connectivity index is 3.95. The monoisotopic (exact) mass is 200 g/mol. The van der Waals surface area contributed by atoms with Crippen molar-refractivity contribution in [2.75, 3.05) is 0 Å². The van der Waals surface area contributed by atoms with Gasteiger partial charge < -0.3 is 0 Å². The maximum atomic E-state index is 3.46. The highest BCUT2D eigenvalue weighted by molar-refractivity contribution is 6.09. The molecule has 0 saturated carbocycles. The Morgan fingerprint density at radius 3 is 1.85 bits per heavy atom. The molecule has 0 aliphatic heterocycles. The third-order valence-electron chi connectivity index (χ3n) is 1.59. The van der Waals surface area contributed by atoms with Gasteiger partial charge in [-0.3, -0.25) is 10.6 Å². The van der Waals surface area contributed by atoms with Crippen molar-refractivity contribution in [3.63, 3.8) is 0 Å². The van der Waals surface area contributed by atoms with Gasteiger partial charge in [-0.1, -0.05) is 12.2 Å². The second-order valence-electron chi connectivity index (χ2n) is 3.96. The van der Waals surface area contributed by atoms with Crippen LogP contribution in [0.5, 0.6) is 0 Å².